The molecule has 1 N–H and O–H groups in total. The van der Waals surface area contributed by atoms with E-state index in [0.29, 0.717) is 0 Å². The van der Waals surface area contributed by atoms with E-state index < -0.39 is 0 Å². The molecule has 20 heavy (non-hydrogen) atoms. The maximum atomic E-state index is 8.87. The van der Waals surface area contributed by atoms with Crippen LogP contribution in [0.5, 0.6) is 0 Å². The Kier molecular flexibility index (Phi) is 4.40. The van der Waals surface area contributed by atoms with Gasteiger partial charge in [0.15, 0.2) is 0 Å². The van der Waals surface area contributed by atoms with Gasteiger partial charge >= 0.3 is 0 Å². The van der Waals surface area contributed by atoms with Crippen LogP contribution in [-0.4, -0.2) is 29.2 Å². The molecule has 2 aliphatic rings. The standard InChI is InChI=1S/C18H23NO/c20-13-5-9-15-6-1-2-8-17(15)14-19-12-11-16-7-3-4-10-18(16)19/h1-2,6,8,16,18,20H,3-4,7,10-14H2. The highest BCUT2D eigenvalue weighted by molar-refractivity contribution is 5.41. The summed E-state index contributed by atoms with van der Waals surface area (Å²) >= 11 is 0. The third kappa shape index (κ3) is 2.90. The molecule has 2 fully saturated rings. The summed E-state index contributed by atoms with van der Waals surface area (Å²) in [4.78, 5) is 2.66. The lowest BCUT2D eigenvalue weighted by Gasteiger charge is -2.32. The number of rotatable bonds is 2. The summed E-state index contributed by atoms with van der Waals surface area (Å²) in [6.07, 6.45) is 6.98. The first-order chi connectivity index (χ1) is 9.88. The molecule has 2 atom stereocenters. The van der Waals surface area contributed by atoms with Crippen molar-refractivity contribution in [2.75, 3.05) is 13.2 Å². The van der Waals surface area contributed by atoms with Crippen LogP contribution >= 0.6 is 0 Å². The number of likely N-dealkylation sites (tertiary alicyclic amines) is 1. The Balaban J connectivity index is 1.74. The van der Waals surface area contributed by atoms with Gasteiger partial charge in [0.05, 0.1) is 0 Å². The zero-order valence-corrected chi connectivity index (χ0v) is 12.0. The third-order valence-corrected chi connectivity index (χ3v) is 4.82. The Bertz CT molecular complexity index is 514. The first kappa shape index (κ1) is 13.7. The van der Waals surface area contributed by atoms with Gasteiger partial charge in [-0.05, 0) is 43.4 Å². The zero-order chi connectivity index (χ0) is 13.8. The van der Waals surface area contributed by atoms with Crippen LogP contribution in [-0.2, 0) is 6.54 Å². The van der Waals surface area contributed by atoms with Crippen LogP contribution in [0, 0.1) is 17.8 Å². The predicted octanol–water partition coefficient (Wildman–Crippen LogP) is 2.79. The highest BCUT2D eigenvalue weighted by Crippen LogP contribution is 2.37. The largest absolute Gasteiger partial charge is 0.384 e. The molecule has 1 aliphatic heterocycles. The fourth-order valence-corrected chi connectivity index (χ4v) is 3.83. The first-order valence-electron chi connectivity index (χ1n) is 7.80. The van der Waals surface area contributed by atoms with Crippen molar-refractivity contribution in [2.24, 2.45) is 5.92 Å². The topological polar surface area (TPSA) is 23.5 Å². The van der Waals surface area contributed by atoms with Gasteiger partial charge in [-0.3, -0.25) is 4.90 Å². The first-order valence-corrected chi connectivity index (χ1v) is 7.80. The van der Waals surface area contributed by atoms with Gasteiger partial charge in [-0.15, -0.1) is 0 Å². The second kappa shape index (κ2) is 6.43. The lowest BCUT2D eigenvalue weighted by molar-refractivity contribution is 0.176. The van der Waals surface area contributed by atoms with Gasteiger partial charge in [0, 0.05) is 18.2 Å². The Morgan fingerprint density at radius 3 is 2.90 bits per heavy atom. The normalized spacial score (nSPS) is 25.9. The second-order valence-electron chi connectivity index (χ2n) is 5.99. The van der Waals surface area contributed by atoms with Crippen molar-refractivity contribution in [1.82, 2.24) is 4.90 Å². The van der Waals surface area contributed by atoms with Crippen molar-refractivity contribution in [3.63, 3.8) is 0 Å². The van der Waals surface area contributed by atoms with Crippen molar-refractivity contribution in [3.8, 4) is 11.8 Å². The van der Waals surface area contributed by atoms with E-state index in [1.807, 2.05) is 6.07 Å². The predicted molar refractivity (Wildman–Crippen MR) is 81.2 cm³/mol. The Morgan fingerprint density at radius 2 is 2.00 bits per heavy atom. The van der Waals surface area contributed by atoms with E-state index >= 15 is 0 Å². The monoisotopic (exact) mass is 269 g/mol. The maximum absolute atomic E-state index is 8.87. The molecule has 106 valence electrons. The molecule has 0 bridgehead atoms. The molecule has 1 aromatic rings. The molecular weight excluding hydrogens is 246 g/mol. The molecule has 1 aliphatic carbocycles. The van der Waals surface area contributed by atoms with E-state index in [4.69, 9.17) is 5.11 Å². The summed E-state index contributed by atoms with van der Waals surface area (Å²) in [6.45, 7) is 2.18. The van der Waals surface area contributed by atoms with Crippen LogP contribution in [0.25, 0.3) is 0 Å². The van der Waals surface area contributed by atoms with Crippen molar-refractivity contribution >= 4 is 0 Å². The molecule has 1 saturated heterocycles. The number of aliphatic hydroxyl groups is 1. The van der Waals surface area contributed by atoms with Gasteiger partial charge in [0.1, 0.15) is 6.61 Å². The molecule has 2 unspecified atom stereocenters. The van der Waals surface area contributed by atoms with Crippen LogP contribution in [0.3, 0.4) is 0 Å². The zero-order valence-electron chi connectivity index (χ0n) is 12.0. The number of nitrogens with zero attached hydrogens (tertiary/aromatic N) is 1. The van der Waals surface area contributed by atoms with Crippen LogP contribution in [0.4, 0.5) is 0 Å². The van der Waals surface area contributed by atoms with Gasteiger partial charge in [-0.1, -0.05) is 42.9 Å². The summed E-state index contributed by atoms with van der Waals surface area (Å²) in [5.74, 6) is 6.79. The number of hydrogen-bond acceptors (Lipinski definition) is 2. The van der Waals surface area contributed by atoms with Crippen LogP contribution in [0.15, 0.2) is 24.3 Å². The van der Waals surface area contributed by atoms with Crippen molar-refractivity contribution in [2.45, 2.75) is 44.7 Å². The average Bonchev–Trinajstić information content (AvgIpc) is 2.90. The lowest BCUT2D eigenvalue weighted by atomic mass is 9.85. The number of hydrogen-bond donors (Lipinski definition) is 1. The van der Waals surface area contributed by atoms with Gasteiger partial charge in [-0.25, -0.2) is 0 Å². The fraction of sp³-hybridized carbons (Fsp3) is 0.556. The van der Waals surface area contributed by atoms with E-state index in [9.17, 15) is 0 Å². The Labute approximate surface area is 121 Å². The smallest absolute Gasteiger partial charge is 0.104 e. The molecule has 0 spiro atoms. The van der Waals surface area contributed by atoms with E-state index in [2.05, 4.69) is 34.9 Å². The fourth-order valence-electron chi connectivity index (χ4n) is 3.83. The SMILES string of the molecule is OCC#Cc1ccccc1CN1CCC2CCCCC21. The molecule has 2 heteroatoms. The minimum Gasteiger partial charge on any atom is -0.384 e. The minimum atomic E-state index is -0.0667. The molecule has 1 saturated carbocycles. The van der Waals surface area contributed by atoms with Crippen molar-refractivity contribution < 1.29 is 5.11 Å². The molecule has 3 rings (SSSR count). The van der Waals surface area contributed by atoms with E-state index in [1.54, 1.807) is 0 Å². The van der Waals surface area contributed by atoms with Gasteiger partial charge in [-0.2, -0.15) is 0 Å². The molecule has 0 amide bonds. The average molecular weight is 269 g/mol. The number of aliphatic hydroxyl groups excluding tert-OH is 1. The van der Waals surface area contributed by atoms with Crippen molar-refractivity contribution in [1.29, 1.82) is 0 Å². The number of fused-ring (bicyclic) bond motifs is 1. The summed E-state index contributed by atoms with van der Waals surface area (Å²) < 4.78 is 0. The minimum absolute atomic E-state index is 0.0667. The van der Waals surface area contributed by atoms with Gasteiger partial charge < -0.3 is 5.11 Å². The van der Waals surface area contributed by atoms with Crippen LogP contribution < -0.4 is 0 Å². The van der Waals surface area contributed by atoms with Crippen LogP contribution in [0.2, 0.25) is 0 Å². The quantitative estimate of drug-likeness (QED) is 0.835. The number of benzene rings is 1. The molecular formula is C18H23NO. The van der Waals surface area contributed by atoms with Gasteiger partial charge in [0.2, 0.25) is 0 Å². The Hall–Kier alpha value is -1.30. The van der Waals surface area contributed by atoms with E-state index in [0.717, 1.165) is 24.1 Å². The highest BCUT2D eigenvalue weighted by atomic mass is 16.2. The molecule has 1 heterocycles. The van der Waals surface area contributed by atoms with Gasteiger partial charge in [0.25, 0.3) is 0 Å². The van der Waals surface area contributed by atoms with E-state index in [-0.39, 0.29) is 6.61 Å². The summed E-state index contributed by atoms with van der Waals surface area (Å²) in [7, 11) is 0. The summed E-state index contributed by atoms with van der Waals surface area (Å²) in [6, 6.07) is 9.15. The van der Waals surface area contributed by atoms with Crippen molar-refractivity contribution in [3.05, 3.63) is 35.4 Å². The van der Waals surface area contributed by atoms with E-state index in [1.165, 1.54) is 44.2 Å². The third-order valence-electron chi connectivity index (χ3n) is 4.82. The van der Waals surface area contributed by atoms with Crippen LogP contribution in [0.1, 0.15) is 43.2 Å². The molecule has 2 nitrogen and oxygen atoms in total. The molecule has 0 radical (unpaired) electrons. The highest BCUT2D eigenvalue weighted by Gasteiger charge is 2.35. The summed E-state index contributed by atoms with van der Waals surface area (Å²) in [5.41, 5.74) is 2.38. The lowest BCUT2D eigenvalue weighted by Crippen LogP contribution is -2.34. The second-order valence-corrected chi connectivity index (χ2v) is 5.99. The maximum Gasteiger partial charge on any atom is 0.104 e. The Morgan fingerprint density at radius 1 is 1.15 bits per heavy atom. The molecule has 0 aromatic heterocycles. The molecule has 1 aromatic carbocycles. The summed E-state index contributed by atoms with van der Waals surface area (Å²) in [5, 5.41) is 8.87.